The van der Waals surface area contributed by atoms with Crippen LogP contribution in [0.5, 0.6) is 0 Å². The van der Waals surface area contributed by atoms with Gasteiger partial charge in [0.25, 0.3) is 5.91 Å². The van der Waals surface area contributed by atoms with Crippen LogP contribution >= 0.6 is 0 Å². The van der Waals surface area contributed by atoms with E-state index in [1.165, 1.54) is 24.3 Å². The number of nitrogens with zero attached hydrogens (tertiary/aromatic N) is 1. The molecule has 0 aromatic heterocycles. The van der Waals surface area contributed by atoms with Crippen LogP contribution in [0.25, 0.3) is 0 Å². The molecule has 5 nitrogen and oxygen atoms in total. The molecule has 0 fully saturated rings. The monoisotopic (exact) mass is 260 g/mol. The van der Waals surface area contributed by atoms with E-state index in [0.717, 1.165) is 12.8 Å². The minimum Gasteiger partial charge on any atom is -0.480 e. The van der Waals surface area contributed by atoms with Gasteiger partial charge in [0.05, 0.1) is 11.6 Å². The fourth-order valence-corrected chi connectivity index (χ4v) is 1.60. The number of carbonyl (C=O) groups excluding carboxylic acids is 1. The molecule has 1 aromatic rings. The Morgan fingerprint density at radius 2 is 2.00 bits per heavy atom. The summed E-state index contributed by atoms with van der Waals surface area (Å²) < 4.78 is 0. The Balaban J connectivity index is 2.70. The molecule has 0 heterocycles. The lowest BCUT2D eigenvalue weighted by atomic mass is 10.1. The third kappa shape index (κ3) is 4.43. The van der Waals surface area contributed by atoms with Gasteiger partial charge >= 0.3 is 5.97 Å². The van der Waals surface area contributed by atoms with Crippen LogP contribution in [-0.4, -0.2) is 23.0 Å². The van der Waals surface area contributed by atoms with E-state index in [0.29, 0.717) is 17.5 Å². The molecule has 1 atom stereocenters. The first-order chi connectivity index (χ1) is 9.08. The van der Waals surface area contributed by atoms with Crippen molar-refractivity contribution in [3.8, 4) is 6.07 Å². The maximum absolute atomic E-state index is 11.9. The number of nitriles is 1. The zero-order valence-electron chi connectivity index (χ0n) is 10.7. The Morgan fingerprint density at radius 1 is 1.37 bits per heavy atom. The predicted molar refractivity (Wildman–Crippen MR) is 69.6 cm³/mol. The number of nitrogens with one attached hydrogen (secondary N) is 1. The van der Waals surface area contributed by atoms with E-state index in [-0.39, 0.29) is 0 Å². The van der Waals surface area contributed by atoms with Gasteiger partial charge in [0, 0.05) is 5.56 Å². The lowest BCUT2D eigenvalue weighted by Crippen LogP contribution is -2.40. The Morgan fingerprint density at radius 3 is 2.47 bits per heavy atom. The molecular formula is C14H16N2O3. The summed E-state index contributed by atoms with van der Waals surface area (Å²) in [5.41, 5.74) is 0.805. The van der Waals surface area contributed by atoms with E-state index < -0.39 is 17.9 Å². The summed E-state index contributed by atoms with van der Waals surface area (Å²) in [6, 6.07) is 7.14. The zero-order chi connectivity index (χ0) is 14.3. The number of rotatable bonds is 6. The summed E-state index contributed by atoms with van der Waals surface area (Å²) in [4.78, 5) is 22.9. The molecule has 0 aliphatic heterocycles. The molecule has 0 radical (unpaired) electrons. The Hall–Kier alpha value is -2.35. The highest BCUT2D eigenvalue weighted by atomic mass is 16.4. The fourth-order valence-electron chi connectivity index (χ4n) is 1.60. The Bertz CT molecular complexity index is 488. The first-order valence-corrected chi connectivity index (χ1v) is 6.12. The lowest BCUT2D eigenvalue weighted by molar-refractivity contribution is -0.139. The second-order valence-electron chi connectivity index (χ2n) is 4.20. The molecule has 1 amide bonds. The van der Waals surface area contributed by atoms with Gasteiger partial charge in [-0.05, 0) is 30.7 Å². The summed E-state index contributed by atoms with van der Waals surface area (Å²) in [6.07, 6.45) is 2.02. The number of carbonyl (C=O) groups is 2. The average molecular weight is 260 g/mol. The largest absolute Gasteiger partial charge is 0.480 e. The second kappa shape index (κ2) is 7.17. The molecule has 0 spiro atoms. The molecule has 0 saturated heterocycles. The normalized spacial score (nSPS) is 11.4. The van der Waals surface area contributed by atoms with Gasteiger partial charge in [0.15, 0.2) is 0 Å². The fraction of sp³-hybridized carbons (Fsp3) is 0.357. The maximum Gasteiger partial charge on any atom is 0.326 e. The molecule has 19 heavy (non-hydrogen) atoms. The number of hydrogen-bond donors (Lipinski definition) is 2. The van der Waals surface area contributed by atoms with E-state index in [2.05, 4.69) is 5.32 Å². The van der Waals surface area contributed by atoms with Crippen molar-refractivity contribution in [2.24, 2.45) is 0 Å². The SMILES string of the molecule is CCCCC(NC(=O)c1ccc(C#N)cc1)C(=O)O. The molecule has 2 N–H and O–H groups in total. The van der Waals surface area contributed by atoms with Crippen molar-refractivity contribution in [3.63, 3.8) is 0 Å². The first kappa shape index (κ1) is 14.7. The molecule has 0 aliphatic rings. The highest BCUT2D eigenvalue weighted by Gasteiger charge is 2.19. The molecule has 5 heteroatoms. The Kier molecular flexibility index (Phi) is 5.55. The molecule has 0 bridgehead atoms. The van der Waals surface area contributed by atoms with E-state index in [4.69, 9.17) is 10.4 Å². The third-order valence-electron chi connectivity index (χ3n) is 2.73. The lowest BCUT2D eigenvalue weighted by Gasteiger charge is -2.14. The Labute approximate surface area is 111 Å². The van der Waals surface area contributed by atoms with Gasteiger partial charge in [-0.2, -0.15) is 5.26 Å². The van der Waals surface area contributed by atoms with Gasteiger partial charge in [-0.3, -0.25) is 4.79 Å². The van der Waals surface area contributed by atoms with E-state index in [1.807, 2.05) is 13.0 Å². The number of aliphatic carboxylic acids is 1. The summed E-state index contributed by atoms with van der Waals surface area (Å²) in [7, 11) is 0. The van der Waals surface area contributed by atoms with Crippen LogP contribution in [-0.2, 0) is 4.79 Å². The molecular weight excluding hydrogens is 244 g/mol. The van der Waals surface area contributed by atoms with Crippen LogP contribution in [0.1, 0.15) is 42.1 Å². The summed E-state index contributed by atoms with van der Waals surface area (Å²) >= 11 is 0. The minimum absolute atomic E-state index is 0.349. The molecule has 1 rings (SSSR count). The highest BCUT2D eigenvalue weighted by Crippen LogP contribution is 2.06. The van der Waals surface area contributed by atoms with Crippen LogP contribution in [0, 0.1) is 11.3 Å². The summed E-state index contributed by atoms with van der Waals surface area (Å²) in [5.74, 6) is -1.47. The maximum atomic E-state index is 11.9. The molecule has 0 saturated carbocycles. The average Bonchev–Trinajstić information content (AvgIpc) is 2.43. The van der Waals surface area contributed by atoms with Crippen molar-refractivity contribution in [2.75, 3.05) is 0 Å². The van der Waals surface area contributed by atoms with Crippen molar-refractivity contribution in [1.82, 2.24) is 5.32 Å². The van der Waals surface area contributed by atoms with Crippen molar-refractivity contribution < 1.29 is 14.7 Å². The van der Waals surface area contributed by atoms with Crippen LogP contribution in [0.2, 0.25) is 0 Å². The van der Waals surface area contributed by atoms with Gasteiger partial charge < -0.3 is 10.4 Å². The van der Waals surface area contributed by atoms with Crippen LogP contribution in [0.15, 0.2) is 24.3 Å². The molecule has 1 aromatic carbocycles. The predicted octanol–water partition coefficient (Wildman–Crippen LogP) is 1.93. The van der Waals surface area contributed by atoms with Crippen molar-refractivity contribution >= 4 is 11.9 Å². The number of unbranched alkanes of at least 4 members (excludes halogenated alkanes) is 1. The number of amides is 1. The number of carboxylic acids is 1. The molecule has 1 unspecified atom stereocenters. The first-order valence-electron chi connectivity index (χ1n) is 6.12. The molecule has 100 valence electrons. The smallest absolute Gasteiger partial charge is 0.326 e. The topological polar surface area (TPSA) is 90.2 Å². The molecule has 0 aliphatic carbocycles. The van der Waals surface area contributed by atoms with E-state index >= 15 is 0 Å². The van der Waals surface area contributed by atoms with E-state index in [9.17, 15) is 9.59 Å². The van der Waals surface area contributed by atoms with Crippen LogP contribution in [0.4, 0.5) is 0 Å². The number of benzene rings is 1. The highest BCUT2D eigenvalue weighted by molar-refractivity contribution is 5.96. The zero-order valence-corrected chi connectivity index (χ0v) is 10.7. The second-order valence-corrected chi connectivity index (χ2v) is 4.20. The van der Waals surface area contributed by atoms with Crippen LogP contribution < -0.4 is 5.32 Å². The summed E-state index contributed by atoms with van der Waals surface area (Å²) in [6.45, 7) is 1.96. The minimum atomic E-state index is -1.03. The van der Waals surface area contributed by atoms with Crippen molar-refractivity contribution in [2.45, 2.75) is 32.2 Å². The van der Waals surface area contributed by atoms with Gasteiger partial charge in [-0.25, -0.2) is 4.79 Å². The van der Waals surface area contributed by atoms with E-state index in [1.54, 1.807) is 0 Å². The van der Waals surface area contributed by atoms with Gasteiger partial charge in [0.2, 0.25) is 0 Å². The third-order valence-corrected chi connectivity index (χ3v) is 2.73. The standard InChI is InChI=1S/C14H16N2O3/c1-2-3-4-12(14(18)19)16-13(17)11-7-5-10(9-15)6-8-11/h5-8,12H,2-4H2,1H3,(H,16,17)(H,18,19). The van der Waals surface area contributed by atoms with Crippen molar-refractivity contribution in [1.29, 1.82) is 5.26 Å². The number of carboxylic acid groups (broad SMARTS) is 1. The number of hydrogen-bond acceptors (Lipinski definition) is 3. The van der Waals surface area contributed by atoms with Gasteiger partial charge in [-0.15, -0.1) is 0 Å². The van der Waals surface area contributed by atoms with Crippen molar-refractivity contribution in [3.05, 3.63) is 35.4 Å². The van der Waals surface area contributed by atoms with Crippen LogP contribution in [0.3, 0.4) is 0 Å². The summed E-state index contributed by atoms with van der Waals surface area (Å²) in [5, 5.41) is 20.2. The van der Waals surface area contributed by atoms with Gasteiger partial charge in [-0.1, -0.05) is 19.8 Å². The van der Waals surface area contributed by atoms with Gasteiger partial charge in [0.1, 0.15) is 6.04 Å². The quantitative estimate of drug-likeness (QED) is 0.817.